The predicted octanol–water partition coefficient (Wildman–Crippen LogP) is 2.15. The number of thiazole rings is 1. The second-order valence-corrected chi connectivity index (χ2v) is 7.76. The molecule has 8 heteroatoms. The molecular weight excluding hydrogens is 346 g/mol. The molecule has 0 saturated carbocycles. The fraction of sp³-hybridized carbons (Fsp3) is 0.375. The number of sulfonamides is 1. The molecule has 0 radical (unpaired) electrons. The number of nitrogens with zero attached hydrogens (tertiary/aromatic N) is 2. The fourth-order valence-electron chi connectivity index (χ4n) is 2.26. The highest BCUT2D eigenvalue weighted by Crippen LogP contribution is 2.16. The molecule has 0 aliphatic carbocycles. The van der Waals surface area contributed by atoms with Gasteiger partial charge in [-0.1, -0.05) is 13.8 Å². The van der Waals surface area contributed by atoms with Crippen molar-refractivity contribution in [3.63, 3.8) is 0 Å². The number of carbonyl (C=O) groups is 1. The van der Waals surface area contributed by atoms with Gasteiger partial charge in [0.05, 0.1) is 16.1 Å². The molecule has 0 spiro atoms. The Balaban J connectivity index is 1.99. The third kappa shape index (κ3) is 4.40. The summed E-state index contributed by atoms with van der Waals surface area (Å²) in [6.45, 7) is 4.91. The average Bonchev–Trinajstić information content (AvgIpc) is 3.09. The summed E-state index contributed by atoms with van der Waals surface area (Å²) in [7, 11) is -3.50. The van der Waals surface area contributed by atoms with Crippen LogP contribution in [0.2, 0.25) is 0 Å². The number of amides is 1. The zero-order chi connectivity index (χ0) is 17.6. The Bertz CT molecular complexity index is 752. The molecule has 1 aromatic heterocycles. The minimum Gasteiger partial charge on any atom is -0.352 e. The summed E-state index contributed by atoms with van der Waals surface area (Å²) in [6, 6.07) is 6.02. The van der Waals surface area contributed by atoms with Crippen molar-refractivity contribution >= 4 is 27.3 Å². The molecule has 1 aromatic carbocycles. The maximum atomic E-state index is 12.4. The van der Waals surface area contributed by atoms with Gasteiger partial charge in [-0.2, -0.15) is 4.31 Å². The molecule has 130 valence electrons. The van der Waals surface area contributed by atoms with Crippen LogP contribution in [0.15, 0.2) is 40.1 Å². The van der Waals surface area contributed by atoms with Gasteiger partial charge >= 0.3 is 0 Å². The monoisotopic (exact) mass is 367 g/mol. The van der Waals surface area contributed by atoms with Crippen molar-refractivity contribution in [1.29, 1.82) is 0 Å². The zero-order valence-electron chi connectivity index (χ0n) is 13.7. The number of hydrogen-bond acceptors (Lipinski definition) is 5. The Morgan fingerprint density at radius 1 is 1.21 bits per heavy atom. The molecule has 0 aliphatic heterocycles. The normalized spacial score (nSPS) is 11.6. The molecule has 2 aromatic rings. The first-order valence-electron chi connectivity index (χ1n) is 7.74. The van der Waals surface area contributed by atoms with Gasteiger partial charge in [-0.05, 0) is 24.3 Å². The SMILES string of the molecule is CCN(CC)S(=O)(=O)c1ccc(C(=O)NCCc2cscn2)cc1. The first-order valence-corrected chi connectivity index (χ1v) is 10.1. The summed E-state index contributed by atoms with van der Waals surface area (Å²) in [5, 5.41) is 4.75. The Morgan fingerprint density at radius 2 is 1.88 bits per heavy atom. The van der Waals surface area contributed by atoms with Gasteiger partial charge < -0.3 is 5.32 Å². The number of benzene rings is 1. The highest BCUT2D eigenvalue weighted by atomic mass is 32.2. The van der Waals surface area contributed by atoms with Gasteiger partial charge in [0, 0.05) is 37.0 Å². The summed E-state index contributed by atoms with van der Waals surface area (Å²) < 4.78 is 26.2. The van der Waals surface area contributed by atoms with E-state index in [9.17, 15) is 13.2 Å². The fourth-order valence-corrected chi connectivity index (χ4v) is 4.31. The molecule has 1 amide bonds. The van der Waals surface area contributed by atoms with Gasteiger partial charge in [-0.15, -0.1) is 11.3 Å². The molecule has 0 fully saturated rings. The lowest BCUT2D eigenvalue weighted by Gasteiger charge is -2.18. The standard InChI is InChI=1S/C16H21N3O3S2/c1-3-19(4-2)24(21,22)15-7-5-13(6-8-15)16(20)17-10-9-14-11-23-12-18-14/h5-8,11-12H,3-4,9-10H2,1-2H3,(H,17,20). The van der Waals surface area contributed by atoms with Gasteiger partial charge in [0.1, 0.15) is 0 Å². The lowest BCUT2D eigenvalue weighted by Crippen LogP contribution is -2.30. The van der Waals surface area contributed by atoms with Crippen molar-refractivity contribution in [2.45, 2.75) is 25.2 Å². The second-order valence-electron chi connectivity index (χ2n) is 5.10. The second kappa shape index (κ2) is 8.36. The van der Waals surface area contributed by atoms with Crippen LogP contribution in [-0.4, -0.2) is 43.2 Å². The maximum Gasteiger partial charge on any atom is 0.251 e. The molecule has 2 rings (SSSR count). The van der Waals surface area contributed by atoms with Crippen molar-refractivity contribution in [3.05, 3.63) is 46.4 Å². The third-order valence-corrected chi connectivity index (χ3v) is 6.31. The minimum absolute atomic E-state index is 0.199. The molecule has 1 heterocycles. The van der Waals surface area contributed by atoms with Crippen LogP contribution in [0.25, 0.3) is 0 Å². The van der Waals surface area contributed by atoms with Crippen molar-refractivity contribution < 1.29 is 13.2 Å². The van der Waals surface area contributed by atoms with E-state index in [2.05, 4.69) is 10.3 Å². The van der Waals surface area contributed by atoms with Crippen LogP contribution in [0.3, 0.4) is 0 Å². The van der Waals surface area contributed by atoms with E-state index in [-0.39, 0.29) is 10.8 Å². The highest BCUT2D eigenvalue weighted by molar-refractivity contribution is 7.89. The quantitative estimate of drug-likeness (QED) is 0.775. The summed E-state index contributed by atoms with van der Waals surface area (Å²) in [5.41, 5.74) is 3.14. The van der Waals surface area contributed by atoms with Gasteiger partial charge in [0.15, 0.2) is 0 Å². The lowest BCUT2D eigenvalue weighted by molar-refractivity contribution is 0.0954. The van der Waals surface area contributed by atoms with Crippen LogP contribution in [-0.2, 0) is 16.4 Å². The number of nitrogens with one attached hydrogen (secondary N) is 1. The smallest absolute Gasteiger partial charge is 0.251 e. The molecule has 0 aliphatic rings. The van der Waals surface area contributed by atoms with Gasteiger partial charge in [0.2, 0.25) is 10.0 Å². The van der Waals surface area contributed by atoms with Crippen LogP contribution < -0.4 is 5.32 Å². The molecule has 0 bridgehead atoms. The molecule has 1 N–H and O–H groups in total. The first-order chi connectivity index (χ1) is 11.5. The molecule has 0 unspecified atom stereocenters. The van der Waals surface area contributed by atoms with E-state index in [0.29, 0.717) is 31.6 Å². The molecule has 0 saturated heterocycles. The largest absolute Gasteiger partial charge is 0.352 e. The first kappa shape index (κ1) is 18.6. The topological polar surface area (TPSA) is 79.4 Å². The Morgan fingerprint density at radius 3 is 2.42 bits per heavy atom. The van der Waals surface area contributed by atoms with Crippen LogP contribution in [0.5, 0.6) is 0 Å². The summed E-state index contributed by atoms with van der Waals surface area (Å²) in [5.74, 6) is -0.225. The zero-order valence-corrected chi connectivity index (χ0v) is 15.4. The number of aromatic nitrogens is 1. The minimum atomic E-state index is -3.50. The van der Waals surface area contributed by atoms with Crippen LogP contribution in [0, 0.1) is 0 Å². The van der Waals surface area contributed by atoms with Crippen molar-refractivity contribution in [2.75, 3.05) is 19.6 Å². The van der Waals surface area contributed by atoms with Crippen LogP contribution in [0.1, 0.15) is 29.9 Å². The van der Waals surface area contributed by atoms with Crippen LogP contribution >= 0.6 is 11.3 Å². The predicted molar refractivity (Wildman–Crippen MR) is 94.7 cm³/mol. The summed E-state index contributed by atoms with van der Waals surface area (Å²) in [4.78, 5) is 16.4. The van der Waals surface area contributed by atoms with Gasteiger partial charge in [-0.3, -0.25) is 4.79 Å². The summed E-state index contributed by atoms with van der Waals surface area (Å²) in [6.07, 6.45) is 0.670. The Kier molecular flexibility index (Phi) is 6.47. The third-order valence-electron chi connectivity index (χ3n) is 3.61. The highest BCUT2D eigenvalue weighted by Gasteiger charge is 2.21. The van der Waals surface area contributed by atoms with E-state index in [4.69, 9.17) is 0 Å². The van der Waals surface area contributed by atoms with Crippen molar-refractivity contribution in [1.82, 2.24) is 14.6 Å². The van der Waals surface area contributed by atoms with E-state index < -0.39 is 10.0 Å². The van der Waals surface area contributed by atoms with E-state index in [1.54, 1.807) is 19.4 Å². The molecule has 6 nitrogen and oxygen atoms in total. The Labute approximate surface area is 146 Å². The van der Waals surface area contributed by atoms with E-state index >= 15 is 0 Å². The lowest BCUT2D eigenvalue weighted by atomic mass is 10.2. The van der Waals surface area contributed by atoms with E-state index in [1.807, 2.05) is 5.38 Å². The maximum absolute atomic E-state index is 12.4. The van der Waals surface area contributed by atoms with Gasteiger partial charge in [-0.25, -0.2) is 13.4 Å². The Hall–Kier alpha value is -1.77. The molecular formula is C16H21N3O3S2. The number of carbonyl (C=O) groups excluding carboxylic acids is 1. The van der Waals surface area contributed by atoms with Crippen LogP contribution in [0.4, 0.5) is 0 Å². The summed E-state index contributed by atoms with van der Waals surface area (Å²) >= 11 is 1.52. The van der Waals surface area contributed by atoms with E-state index in [1.165, 1.54) is 39.9 Å². The van der Waals surface area contributed by atoms with Gasteiger partial charge in [0.25, 0.3) is 5.91 Å². The van der Waals surface area contributed by atoms with E-state index in [0.717, 1.165) is 5.69 Å². The number of hydrogen-bond donors (Lipinski definition) is 1. The number of rotatable bonds is 8. The average molecular weight is 367 g/mol. The van der Waals surface area contributed by atoms with Crippen molar-refractivity contribution in [2.24, 2.45) is 0 Å². The van der Waals surface area contributed by atoms with Crippen molar-refractivity contribution in [3.8, 4) is 0 Å². The molecule has 0 atom stereocenters. The molecule has 24 heavy (non-hydrogen) atoms.